The highest BCUT2D eigenvalue weighted by molar-refractivity contribution is 7.92. The van der Waals surface area contributed by atoms with Crippen LogP contribution in [0.3, 0.4) is 0 Å². The molecule has 0 fully saturated rings. The fourth-order valence-electron chi connectivity index (χ4n) is 3.10. The van der Waals surface area contributed by atoms with E-state index in [1.807, 2.05) is 6.92 Å². The molecule has 0 N–H and O–H groups in total. The summed E-state index contributed by atoms with van der Waals surface area (Å²) in [4.78, 5) is 14.7. The van der Waals surface area contributed by atoms with Crippen molar-refractivity contribution in [3.63, 3.8) is 0 Å². The molecular formula is C19H21NO4S. The minimum Gasteiger partial charge on any atom is -0.497 e. The van der Waals surface area contributed by atoms with Crippen LogP contribution in [0.5, 0.6) is 5.75 Å². The summed E-state index contributed by atoms with van der Waals surface area (Å²) in [5, 5.41) is -1.23. The van der Waals surface area contributed by atoms with E-state index in [2.05, 4.69) is 0 Å². The molecule has 0 saturated heterocycles. The van der Waals surface area contributed by atoms with Crippen LogP contribution < -0.4 is 9.64 Å². The van der Waals surface area contributed by atoms with Crippen LogP contribution >= 0.6 is 0 Å². The van der Waals surface area contributed by atoms with E-state index in [0.29, 0.717) is 23.5 Å². The molecule has 5 nitrogen and oxygen atoms in total. The number of ether oxygens (including phenoxy) is 1. The highest BCUT2D eigenvalue weighted by Crippen LogP contribution is 2.44. The lowest BCUT2D eigenvalue weighted by Gasteiger charge is -2.17. The van der Waals surface area contributed by atoms with Crippen molar-refractivity contribution < 1.29 is 17.9 Å². The van der Waals surface area contributed by atoms with Crippen LogP contribution in [0.15, 0.2) is 53.4 Å². The summed E-state index contributed by atoms with van der Waals surface area (Å²) >= 11 is 0. The third-order valence-corrected chi connectivity index (χ3v) is 6.42. The van der Waals surface area contributed by atoms with Gasteiger partial charge in [0.05, 0.1) is 12.0 Å². The van der Waals surface area contributed by atoms with Gasteiger partial charge in [-0.3, -0.25) is 4.79 Å². The lowest BCUT2D eigenvalue weighted by atomic mass is 10.1. The van der Waals surface area contributed by atoms with Gasteiger partial charge in [0.1, 0.15) is 5.75 Å². The number of rotatable bonds is 6. The summed E-state index contributed by atoms with van der Waals surface area (Å²) in [5.41, 5.74) is 1.15. The number of carbonyl (C=O) groups is 1. The Kier molecular flexibility index (Phi) is 4.81. The Hall–Kier alpha value is -2.34. The Morgan fingerprint density at radius 1 is 1.12 bits per heavy atom. The van der Waals surface area contributed by atoms with Gasteiger partial charge < -0.3 is 9.64 Å². The number of nitrogens with zero attached hydrogens (tertiary/aromatic N) is 1. The maximum atomic E-state index is 13.1. The molecule has 0 bridgehead atoms. The maximum Gasteiger partial charge on any atom is 0.250 e. The number of benzene rings is 2. The van der Waals surface area contributed by atoms with Crippen molar-refractivity contribution in [1.82, 2.24) is 0 Å². The lowest BCUT2D eigenvalue weighted by molar-refractivity contribution is -0.117. The van der Waals surface area contributed by atoms with Crippen LogP contribution in [0, 0.1) is 0 Å². The monoisotopic (exact) mass is 359 g/mol. The average Bonchev–Trinajstić information content (AvgIpc) is 2.91. The number of hydrogen-bond donors (Lipinski definition) is 0. The van der Waals surface area contributed by atoms with Crippen molar-refractivity contribution in [3.8, 4) is 5.75 Å². The van der Waals surface area contributed by atoms with E-state index in [9.17, 15) is 13.2 Å². The van der Waals surface area contributed by atoms with Crippen LogP contribution in [0.4, 0.5) is 5.69 Å². The molecule has 0 spiro atoms. The quantitative estimate of drug-likeness (QED) is 0.793. The molecule has 1 atom stereocenters. The zero-order valence-electron chi connectivity index (χ0n) is 14.3. The molecule has 1 heterocycles. The van der Waals surface area contributed by atoms with E-state index in [-0.39, 0.29) is 10.8 Å². The maximum absolute atomic E-state index is 13.1. The molecule has 0 aliphatic carbocycles. The van der Waals surface area contributed by atoms with Crippen LogP contribution in [0.2, 0.25) is 0 Å². The van der Waals surface area contributed by atoms with Gasteiger partial charge in [-0.05, 0) is 36.8 Å². The van der Waals surface area contributed by atoms with E-state index < -0.39 is 15.1 Å². The Morgan fingerprint density at radius 2 is 1.84 bits per heavy atom. The number of unbranched alkanes of at least 4 members (excludes halogenated alkanes) is 1. The molecule has 3 rings (SSSR count). The van der Waals surface area contributed by atoms with Gasteiger partial charge in [0.15, 0.2) is 15.1 Å². The van der Waals surface area contributed by atoms with Gasteiger partial charge in [0.2, 0.25) is 5.91 Å². The van der Waals surface area contributed by atoms with Crippen molar-refractivity contribution in [3.05, 3.63) is 54.1 Å². The summed E-state index contributed by atoms with van der Waals surface area (Å²) < 4.78 is 31.5. The molecule has 1 aliphatic rings. The molecule has 1 amide bonds. The lowest BCUT2D eigenvalue weighted by Crippen LogP contribution is -2.32. The van der Waals surface area contributed by atoms with Gasteiger partial charge in [-0.2, -0.15) is 0 Å². The topological polar surface area (TPSA) is 63.7 Å². The average molecular weight is 359 g/mol. The molecule has 1 unspecified atom stereocenters. The first-order valence-corrected chi connectivity index (χ1v) is 9.83. The molecule has 2 aromatic carbocycles. The second-order valence-corrected chi connectivity index (χ2v) is 8.04. The Labute approximate surface area is 148 Å². The molecular weight excluding hydrogens is 338 g/mol. The van der Waals surface area contributed by atoms with E-state index in [1.165, 1.54) is 19.2 Å². The summed E-state index contributed by atoms with van der Waals surface area (Å²) in [6, 6.07) is 13.3. The molecule has 6 heteroatoms. The SMILES string of the molecule is CCCCN1C(=O)C(S(=O)(=O)c2ccccc2)c2cc(OC)ccc21. The molecule has 25 heavy (non-hydrogen) atoms. The van der Waals surface area contributed by atoms with Crippen LogP contribution in [0.1, 0.15) is 30.6 Å². The number of amides is 1. The second-order valence-electron chi connectivity index (χ2n) is 6.01. The smallest absolute Gasteiger partial charge is 0.250 e. The van der Waals surface area contributed by atoms with Gasteiger partial charge in [0, 0.05) is 17.8 Å². The second kappa shape index (κ2) is 6.88. The normalized spacial score (nSPS) is 16.8. The molecule has 2 aromatic rings. The predicted molar refractivity (Wildman–Crippen MR) is 96.6 cm³/mol. The number of hydrogen-bond acceptors (Lipinski definition) is 4. The van der Waals surface area contributed by atoms with Crippen molar-refractivity contribution in [2.45, 2.75) is 29.9 Å². The van der Waals surface area contributed by atoms with E-state index in [4.69, 9.17) is 4.74 Å². The van der Waals surface area contributed by atoms with Gasteiger partial charge in [-0.25, -0.2) is 8.42 Å². The van der Waals surface area contributed by atoms with Crippen molar-refractivity contribution in [2.24, 2.45) is 0 Å². The van der Waals surface area contributed by atoms with Crippen molar-refractivity contribution >= 4 is 21.4 Å². The molecule has 0 radical (unpaired) electrons. The Bertz CT molecular complexity index is 878. The Balaban J connectivity index is 2.13. The number of sulfone groups is 1. The number of methoxy groups -OCH3 is 1. The highest BCUT2D eigenvalue weighted by Gasteiger charge is 2.46. The van der Waals surface area contributed by atoms with E-state index >= 15 is 0 Å². The molecule has 1 aliphatic heterocycles. The van der Waals surface area contributed by atoms with E-state index in [1.54, 1.807) is 41.3 Å². The number of fused-ring (bicyclic) bond motifs is 1. The van der Waals surface area contributed by atoms with Gasteiger partial charge in [-0.1, -0.05) is 31.5 Å². The minimum absolute atomic E-state index is 0.152. The van der Waals surface area contributed by atoms with E-state index in [0.717, 1.165) is 12.8 Å². The first kappa shape index (κ1) is 17.5. The fourth-order valence-corrected chi connectivity index (χ4v) is 4.83. The van der Waals surface area contributed by atoms with Crippen LogP contribution in [-0.4, -0.2) is 28.0 Å². The Morgan fingerprint density at radius 3 is 2.48 bits per heavy atom. The zero-order valence-corrected chi connectivity index (χ0v) is 15.1. The highest BCUT2D eigenvalue weighted by atomic mass is 32.2. The first-order chi connectivity index (χ1) is 12.0. The fraction of sp³-hybridized carbons (Fsp3) is 0.316. The largest absolute Gasteiger partial charge is 0.497 e. The third kappa shape index (κ3) is 3.02. The molecule has 0 saturated carbocycles. The standard InChI is InChI=1S/C19H21NO4S/c1-3-4-12-20-17-11-10-14(24-2)13-16(17)18(19(20)21)25(22,23)15-8-6-5-7-9-15/h5-11,13,18H,3-4,12H2,1-2H3. The first-order valence-electron chi connectivity index (χ1n) is 8.29. The van der Waals surface area contributed by atoms with Crippen molar-refractivity contribution in [2.75, 3.05) is 18.6 Å². The summed E-state index contributed by atoms with van der Waals surface area (Å²) in [6.45, 7) is 2.54. The predicted octanol–water partition coefficient (Wildman–Crippen LogP) is 3.36. The van der Waals surface area contributed by atoms with Crippen LogP contribution in [-0.2, 0) is 14.6 Å². The molecule has 0 aromatic heterocycles. The number of carbonyl (C=O) groups excluding carboxylic acids is 1. The zero-order chi connectivity index (χ0) is 18.0. The summed E-state index contributed by atoms with van der Waals surface area (Å²) in [6.07, 6.45) is 1.74. The number of anilines is 1. The third-order valence-electron chi connectivity index (χ3n) is 4.42. The molecule has 132 valence electrons. The summed E-state index contributed by atoms with van der Waals surface area (Å²) in [5.74, 6) is 0.151. The van der Waals surface area contributed by atoms with Gasteiger partial charge in [-0.15, -0.1) is 0 Å². The minimum atomic E-state index is -3.83. The van der Waals surface area contributed by atoms with Crippen LogP contribution in [0.25, 0.3) is 0 Å². The van der Waals surface area contributed by atoms with Crippen molar-refractivity contribution in [1.29, 1.82) is 0 Å². The summed E-state index contributed by atoms with van der Waals surface area (Å²) in [7, 11) is -2.31. The van der Waals surface area contributed by atoms with Gasteiger partial charge in [0.25, 0.3) is 0 Å². The van der Waals surface area contributed by atoms with Gasteiger partial charge >= 0.3 is 0 Å².